The Morgan fingerprint density at radius 2 is 1.75 bits per heavy atom. The van der Waals surface area contributed by atoms with Gasteiger partial charge in [0.05, 0.1) is 11.2 Å². The van der Waals surface area contributed by atoms with E-state index in [1.54, 1.807) is 6.20 Å². The third-order valence-electron chi connectivity index (χ3n) is 7.40. The predicted octanol–water partition coefficient (Wildman–Crippen LogP) is 5.39. The highest BCUT2D eigenvalue weighted by molar-refractivity contribution is 5.91. The van der Waals surface area contributed by atoms with E-state index in [9.17, 15) is 0 Å². The first kappa shape index (κ1) is 21.1. The van der Waals surface area contributed by atoms with Crippen LogP contribution < -0.4 is 5.73 Å². The van der Waals surface area contributed by atoms with E-state index >= 15 is 0 Å². The van der Waals surface area contributed by atoms with Crippen molar-refractivity contribution in [3.8, 4) is 11.4 Å². The molecule has 0 atom stereocenters. The summed E-state index contributed by atoms with van der Waals surface area (Å²) < 4.78 is 2.15. The molecule has 0 unspecified atom stereocenters. The van der Waals surface area contributed by atoms with Crippen LogP contribution in [0.4, 0.5) is 5.82 Å². The number of hydrogen-bond acceptors (Lipinski definition) is 5. The molecule has 2 aromatic carbocycles. The number of anilines is 1. The maximum absolute atomic E-state index is 6.38. The standard InChI is InChI=1S/C29H27N7/c30-28-27-26(25-16-22-6-2-4-8-24(22)33-25)34-29(36(27)14-11-31-28)20-9-12-35(13-10-20)18-19-15-21-5-1-3-7-23(21)32-17-19/h1-8,11,14-17,20,33H,9-10,12-13,18H2,(H2,30,31). The van der Waals surface area contributed by atoms with Crippen molar-refractivity contribution in [2.45, 2.75) is 25.3 Å². The summed E-state index contributed by atoms with van der Waals surface area (Å²) in [5, 5.41) is 2.36. The van der Waals surface area contributed by atoms with Crippen LogP contribution in [0.15, 0.2) is 79.3 Å². The highest BCUT2D eigenvalue weighted by Gasteiger charge is 2.27. The van der Waals surface area contributed by atoms with Gasteiger partial charge in [-0.05, 0) is 55.8 Å². The number of nitrogen functional groups attached to an aromatic ring is 1. The van der Waals surface area contributed by atoms with Gasteiger partial charge in [0.1, 0.15) is 22.9 Å². The van der Waals surface area contributed by atoms with Gasteiger partial charge < -0.3 is 10.7 Å². The van der Waals surface area contributed by atoms with Crippen molar-refractivity contribution in [3.63, 3.8) is 0 Å². The summed E-state index contributed by atoms with van der Waals surface area (Å²) in [6, 6.07) is 21.0. The zero-order valence-electron chi connectivity index (χ0n) is 19.9. The fraction of sp³-hybridized carbons (Fsp3) is 0.207. The van der Waals surface area contributed by atoms with Crippen molar-refractivity contribution in [2.75, 3.05) is 18.8 Å². The Labute approximate surface area is 208 Å². The summed E-state index contributed by atoms with van der Waals surface area (Å²) in [7, 11) is 0. The van der Waals surface area contributed by atoms with Gasteiger partial charge in [0.25, 0.3) is 0 Å². The average Bonchev–Trinajstić information content (AvgIpc) is 3.52. The number of piperidine rings is 1. The van der Waals surface area contributed by atoms with Crippen LogP contribution >= 0.6 is 0 Å². The molecule has 5 heterocycles. The number of fused-ring (bicyclic) bond motifs is 3. The summed E-state index contributed by atoms with van der Waals surface area (Å²) in [6.07, 6.45) is 7.87. The molecule has 0 saturated carbocycles. The predicted molar refractivity (Wildman–Crippen MR) is 144 cm³/mol. The Bertz CT molecular complexity index is 1670. The van der Waals surface area contributed by atoms with Crippen LogP contribution in [-0.2, 0) is 6.54 Å². The summed E-state index contributed by atoms with van der Waals surface area (Å²) in [5.41, 5.74) is 12.5. The zero-order valence-corrected chi connectivity index (χ0v) is 19.9. The second kappa shape index (κ2) is 8.46. The van der Waals surface area contributed by atoms with Gasteiger partial charge in [0.15, 0.2) is 0 Å². The molecule has 1 saturated heterocycles. The number of hydrogen-bond donors (Lipinski definition) is 2. The lowest BCUT2D eigenvalue weighted by molar-refractivity contribution is 0.201. The van der Waals surface area contributed by atoms with Gasteiger partial charge in [-0.25, -0.2) is 9.97 Å². The molecule has 0 amide bonds. The van der Waals surface area contributed by atoms with Crippen LogP contribution in [0.3, 0.4) is 0 Å². The maximum atomic E-state index is 6.38. The zero-order chi connectivity index (χ0) is 24.1. The number of nitrogens with zero attached hydrogens (tertiary/aromatic N) is 5. The molecule has 7 rings (SSSR count). The van der Waals surface area contributed by atoms with Gasteiger partial charge in [-0.2, -0.15) is 0 Å². The van der Waals surface area contributed by atoms with E-state index in [4.69, 9.17) is 10.7 Å². The third-order valence-corrected chi connectivity index (χ3v) is 7.40. The highest BCUT2D eigenvalue weighted by Crippen LogP contribution is 2.35. The molecule has 1 aliphatic rings. The number of rotatable bonds is 4. The second-order valence-electron chi connectivity index (χ2n) is 9.71. The van der Waals surface area contributed by atoms with Crippen molar-refractivity contribution >= 4 is 33.1 Å². The minimum absolute atomic E-state index is 0.364. The summed E-state index contributed by atoms with van der Waals surface area (Å²) in [6.45, 7) is 2.97. The van der Waals surface area contributed by atoms with Crippen molar-refractivity contribution in [3.05, 3.63) is 90.6 Å². The molecule has 7 heteroatoms. The van der Waals surface area contributed by atoms with Crippen molar-refractivity contribution < 1.29 is 0 Å². The third kappa shape index (κ3) is 3.60. The normalized spacial score (nSPS) is 15.3. The van der Waals surface area contributed by atoms with Crippen LogP contribution in [0, 0.1) is 0 Å². The van der Waals surface area contributed by atoms with Crippen LogP contribution in [0.1, 0.15) is 30.1 Å². The van der Waals surface area contributed by atoms with Gasteiger partial charge in [-0.1, -0.05) is 36.4 Å². The van der Waals surface area contributed by atoms with Crippen LogP contribution in [0.25, 0.3) is 38.7 Å². The second-order valence-corrected chi connectivity index (χ2v) is 9.71. The molecule has 1 fully saturated rings. The molecular weight excluding hydrogens is 446 g/mol. The van der Waals surface area contributed by atoms with Gasteiger partial charge >= 0.3 is 0 Å². The highest BCUT2D eigenvalue weighted by atomic mass is 15.1. The summed E-state index contributed by atoms with van der Waals surface area (Å²) >= 11 is 0. The molecule has 0 bridgehead atoms. The Balaban J connectivity index is 1.16. The molecule has 4 aromatic heterocycles. The number of aromatic nitrogens is 5. The number of likely N-dealkylation sites (tertiary alicyclic amines) is 1. The fourth-order valence-corrected chi connectivity index (χ4v) is 5.57. The fourth-order valence-electron chi connectivity index (χ4n) is 5.57. The number of nitrogens with one attached hydrogen (secondary N) is 1. The first-order valence-corrected chi connectivity index (χ1v) is 12.5. The lowest BCUT2D eigenvalue weighted by atomic mass is 9.95. The molecule has 3 N–H and O–H groups in total. The van der Waals surface area contributed by atoms with Crippen LogP contribution in [0.5, 0.6) is 0 Å². The maximum Gasteiger partial charge on any atom is 0.150 e. The van der Waals surface area contributed by atoms with E-state index in [1.807, 2.05) is 30.6 Å². The molecule has 7 nitrogen and oxygen atoms in total. The molecular formula is C29H27N7. The summed E-state index contributed by atoms with van der Waals surface area (Å²) in [5.74, 6) is 1.94. The first-order chi connectivity index (χ1) is 17.7. The SMILES string of the molecule is Nc1nccn2c(C3CCN(Cc4cnc5ccccc5c4)CC3)nc(-c3cc4ccccc4[nH]3)c12. The van der Waals surface area contributed by atoms with Crippen LogP contribution in [0.2, 0.25) is 0 Å². The molecule has 36 heavy (non-hydrogen) atoms. The number of pyridine rings is 1. The Hall–Kier alpha value is -4.23. The van der Waals surface area contributed by atoms with E-state index in [1.165, 1.54) is 10.9 Å². The molecule has 6 aromatic rings. The van der Waals surface area contributed by atoms with Crippen molar-refractivity contribution in [2.24, 2.45) is 0 Å². The van der Waals surface area contributed by atoms with E-state index in [0.29, 0.717) is 11.7 Å². The Kier molecular flexibility index (Phi) is 4.96. The van der Waals surface area contributed by atoms with E-state index in [-0.39, 0.29) is 0 Å². The molecule has 0 aliphatic carbocycles. The Morgan fingerprint density at radius 3 is 2.61 bits per heavy atom. The summed E-state index contributed by atoms with van der Waals surface area (Å²) in [4.78, 5) is 20.2. The van der Waals surface area contributed by atoms with Gasteiger partial charge in [0, 0.05) is 47.3 Å². The Morgan fingerprint density at radius 1 is 0.944 bits per heavy atom. The minimum Gasteiger partial charge on any atom is -0.382 e. The first-order valence-electron chi connectivity index (χ1n) is 12.5. The molecule has 0 radical (unpaired) electrons. The number of H-pyrrole nitrogens is 1. The topological polar surface area (TPSA) is 88.1 Å². The number of aromatic amines is 1. The monoisotopic (exact) mass is 473 g/mol. The van der Waals surface area contributed by atoms with Gasteiger partial charge in [-0.3, -0.25) is 14.3 Å². The number of nitrogens with two attached hydrogens (primary N) is 1. The molecule has 178 valence electrons. The largest absolute Gasteiger partial charge is 0.382 e. The van der Waals surface area contributed by atoms with Crippen molar-refractivity contribution in [1.29, 1.82) is 0 Å². The number of benzene rings is 2. The van der Waals surface area contributed by atoms with Crippen molar-refractivity contribution in [1.82, 2.24) is 29.2 Å². The quantitative estimate of drug-likeness (QED) is 0.359. The smallest absolute Gasteiger partial charge is 0.150 e. The van der Waals surface area contributed by atoms with Crippen LogP contribution in [-0.4, -0.2) is 42.3 Å². The average molecular weight is 474 g/mol. The lowest BCUT2D eigenvalue weighted by Gasteiger charge is -2.31. The van der Waals surface area contributed by atoms with E-state index in [0.717, 1.165) is 71.6 Å². The molecule has 1 aliphatic heterocycles. The molecule has 0 spiro atoms. The lowest BCUT2D eigenvalue weighted by Crippen LogP contribution is -2.33. The van der Waals surface area contributed by atoms with Gasteiger partial charge in [-0.15, -0.1) is 0 Å². The number of imidazole rings is 1. The minimum atomic E-state index is 0.364. The van der Waals surface area contributed by atoms with Gasteiger partial charge in [0.2, 0.25) is 0 Å². The van der Waals surface area contributed by atoms with E-state index in [2.05, 4.69) is 66.7 Å². The van der Waals surface area contributed by atoms with E-state index < -0.39 is 0 Å². The number of para-hydroxylation sites is 2.